The van der Waals surface area contributed by atoms with Gasteiger partial charge in [-0.05, 0) is 61.3 Å². The minimum Gasteiger partial charge on any atom is -0.310 e. The summed E-state index contributed by atoms with van der Waals surface area (Å²) in [6, 6.07) is 5.46. The average Bonchev–Trinajstić information content (AvgIpc) is 2.38. The summed E-state index contributed by atoms with van der Waals surface area (Å²) in [7, 11) is 0. The molecule has 1 saturated carbocycles. The second-order valence-corrected chi connectivity index (χ2v) is 6.79. The Labute approximate surface area is 126 Å². The van der Waals surface area contributed by atoms with Crippen LogP contribution in [0, 0.1) is 23.6 Å². The standard InChI is InChI=1S/C17H25ClFN/c1-4-20-17(13-5-6-15(18)16(19)10-13)14-8-11(2)7-12(3)9-14/h5-6,10-12,14,17,20H,4,7-9H2,1-3H3. The van der Waals surface area contributed by atoms with Gasteiger partial charge in [-0.15, -0.1) is 0 Å². The topological polar surface area (TPSA) is 12.0 Å². The van der Waals surface area contributed by atoms with Gasteiger partial charge in [-0.2, -0.15) is 0 Å². The van der Waals surface area contributed by atoms with Crippen molar-refractivity contribution >= 4 is 11.6 Å². The van der Waals surface area contributed by atoms with Crippen molar-refractivity contribution in [3.05, 3.63) is 34.6 Å². The smallest absolute Gasteiger partial charge is 0.142 e. The lowest BCUT2D eigenvalue weighted by Crippen LogP contribution is -2.33. The van der Waals surface area contributed by atoms with Crippen LogP contribution in [-0.4, -0.2) is 6.54 Å². The maximum Gasteiger partial charge on any atom is 0.142 e. The third kappa shape index (κ3) is 3.73. The highest BCUT2D eigenvalue weighted by molar-refractivity contribution is 6.30. The van der Waals surface area contributed by atoms with E-state index >= 15 is 0 Å². The van der Waals surface area contributed by atoms with E-state index in [4.69, 9.17) is 11.6 Å². The van der Waals surface area contributed by atoms with E-state index < -0.39 is 0 Å². The van der Waals surface area contributed by atoms with Crippen molar-refractivity contribution in [3.63, 3.8) is 0 Å². The van der Waals surface area contributed by atoms with E-state index in [2.05, 4.69) is 26.1 Å². The number of rotatable bonds is 4. The van der Waals surface area contributed by atoms with Crippen LogP contribution in [0.3, 0.4) is 0 Å². The summed E-state index contributed by atoms with van der Waals surface area (Å²) in [5.41, 5.74) is 1.03. The Balaban J connectivity index is 2.23. The predicted molar refractivity (Wildman–Crippen MR) is 83.5 cm³/mol. The van der Waals surface area contributed by atoms with Gasteiger partial charge in [0.25, 0.3) is 0 Å². The predicted octanol–water partition coefficient (Wildman–Crippen LogP) is 5.20. The van der Waals surface area contributed by atoms with Gasteiger partial charge in [-0.3, -0.25) is 0 Å². The van der Waals surface area contributed by atoms with Gasteiger partial charge >= 0.3 is 0 Å². The molecule has 0 spiro atoms. The van der Waals surface area contributed by atoms with E-state index in [9.17, 15) is 4.39 Å². The first-order valence-corrected chi connectivity index (χ1v) is 8.07. The third-order valence-corrected chi connectivity index (χ3v) is 4.72. The van der Waals surface area contributed by atoms with Crippen LogP contribution >= 0.6 is 11.6 Å². The van der Waals surface area contributed by atoms with E-state index in [0.717, 1.165) is 23.9 Å². The first kappa shape index (κ1) is 15.8. The van der Waals surface area contributed by atoms with Crippen molar-refractivity contribution in [2.45, 2.75) is 46.1 Å². The Bertz CT molecular complexity index is 439. The van der Waals surface area contributed by atoms with Gasteiger partial charge in [0.2, 0.25) is 0 Å². The summed E-state index contributed by atoms with van der Waals surface area (Å²) < 4.78 is 13.7. The van der Waals surface area contributed by atoms with Crippen molar-refractivity contribution in [2.24, 2.45) is 17.8 Å². The summed E-state index contributed by atoms with van der Waals surface area (Å²) >= 11 is 5.80. The van der Waals surface area contributed by atoms with Gasteiger partial charge in [0.05, 0.1) is 5.02 Å². The normalized spacial score (nSPS) is 28.4. The number of hydrogen-bond acceptors (Lipinski definition) is 1. The summed E-state index contributed by atoms with van der Waals surface area (Å²) in [6.07, 6.45) is 3.74. The fourth-order valence-electron chi connectivity index (χ4n) is 3.76. The highest BCUT2D eigenvalue weighted by atomic mass is 35.5. The molecule has 20 heavy (non-hydrogen) atoms. The van der Waals surface area contributed by atoms with E-state index in [1.807, 2.05) is 6.07 Å². The van der Waals surface area contributed by atoms with Crippen LogP contribution < -0.4 is 5.32 Å². The summed E-state index contributed by atoms with van der Waals surface area (Å²) in [5.74, 6) is 1.77. The molecule has 112 valence electrons. The SMILES string of the molecule is CCNC(c1ccc(Cl)c(F)c1)C1CC(C)CC(C)C1. The quantitative estimate of drug-likeness (QED) is 0.805. The molecule has 3 atom stereocenters. The van der Waals surface area contributed by atoms with Crippen LogP contribution in [0.2, 0.25) is 5.02 Å². The van der Waals surface area contributed by atoms with Crippen LogP contribution in [0.1, 0.15) is 51.6 Å². The molecule has 2 rings (SSSR count). The minimum atomic E-state index is -0.316. The first-order chi connectivity index (χ1) is 9.51. The minimum absolute atomic E-state index is 0.203. The lowest BCUT2D eigenvalue weighted by atomic mass is 9.72. The highest BCUT2D eigenvalue weighted by Gasteiger charge is 2.30. The van der Waals surface area contributed by atoms with Crippen LogP contribution in [0.25, 0.3) is 0 Å². The Morgan fingerprint density at radius 3 is 2.45 bits per heavy atom. The van der Waals surface area contributed by atoms with Crippen molar-refractivity contribution in [3.8, 4) is 0 Å². The van der Waals surface area contributed by atoms with Crippen molar-refractivity contribution in [1.29, 1.82) is 0 Å². The number of halogens is 2. The molecule has 1 aliphatic rings. The number of hydrogen-bond donors (Lipinski definition) is 1. The molecule has 0 saturated heterocycles. The van der Waals surface area contributed by atoms with Crippen molar-refractivity contribution in [1.82, 2.24) is 5.32 Å². The molecule has 3 unspecified atom stereocenters. The molecule has 1 aromatic carbocycles. The molecule has 1 fully saturated rings. The average molecular weight is 298 g/mol. The Hall–Kier alpha value is -0.600. The maximum atomic E-state index is 13.7. The summed E-state index contributed by atoms with van der Waals surface area (Å²) in [6.45, 7) is 7.66. The molecule has 3 heteroatoms. The first-order valence-electron chi connectivity index (χ1n) is 7.69. The summed E-state index contributed by atoms with van der Waals surface area (Å²) in [5, 5.41) is 3.75. The van der Waals surface area contributed by atoms with Crippen LogP contribution in [0.4, 0.5) is 4.39 Å². The highest BCUT2D eigenvalue weighted by Crippen LogP contribution is 2.40. The molecule has 1 aliphatic carbocycles. The third-order valence-electron chi connectivity index (χ3n) is 4.41. The van der Waals surface area contributed by atoms with Crippen LogP contribution in [-0.2, 0) is 0 Å². The fraction of sp³-hybridized carbons (Fsp3) is 0.647. The van der Waals surface area contributed by atoms with E-state index in [0.29, 0.717) is 5.92 Å². The lowest BCUT2D eigenvalue weighted by molar-refractivity contribution is 0.177. The van der Waals surface area contributed by atoms with E-state index in [1.54, 1.807) is 12.1 Å². The molecule has 0 amide bonds. The van der Waals surface area contributed by atoms with Gasteiger partial charge in [0.1, 0.15) is 5.82 Å². The Kier molecular flexibility index (Phi) is 5.45. The Morgan fingerprint density at radius 1 is 1.25 bits per heavy atom. The summed E-state index contributed by atoms with van der Waals surface area (Å²) in [4.78, 5) is 0. The van der Waals surface area contributed by atoms with Crippen molar-refractivity contribution < 1.29 is 4.39 Å². The number of nitrogens with one attached hydrogen (secondary N) is 1. The van der Waals surface area contributed by atoms with Gasteiger partial charge in [-0.1, -0.05) is 38.4 Å². The zero-order valence-corrected chi connectivity index (χ0v) is 13.4. The molecule has 0 aliphatic heterocycles. The number of benzene rings is 1. The zero-order chi connectivity index (χ0) is 14.7. The zero-order valence-electron chi connectivity index (χ0n) is 12.6. The van der Waals surface area contributed by atoms with Crippen molar-refractivity contribution in [2.75, 3.05) is 6.54 Å². The van der Waals surface area contributed by atoms with E-state index in [-0.39, 0.29) is 16.9 Å². The lowest BCUT2D eigenvalue weighted by Gasteiger charge is -2.37. The largest absolute Gasteiger partial charge is 0.310 e. The molecule has 0 heterocycles. The maximum absolute atomic E-state index is 13.7. The molecule has 0 radical (unpaired) electrons. The molecular formula is C17H25ClFN. The Morgan fingerprint density at radius 2 is 1.90 bits per heavy atom. The molecule has 1 aromatic rings. The monoisotopic (exact) mass is 297 g/mol. The molecular weight excluding hydrogens is 273 g/mol. The van der Waals surface area contributed by atoms with Gasteiger partial charge < -0.3 is 5.32 Å². The fourth-order valence-corrected chi connectivity index (χ4v) is 3.88. The van der Waals surface area contributed by atoms with Crippen LogP contribution in [0.15, 0.2) is 18.2 Å². The molecule has 0 aromatic heterocycles. The molecule has 0 bridgehead atoms. The van der Waals surface area contributed by atoms with Gasteiger partial charge in [0.15, 0.2) is 0 Å². The van der Waals surface area contributed by atoms with Gasteiger partial charge in [0, 0.05) is 6.04 Å². The molecule has 1 N–H and O–H groups in total. The second-order valence-electron chi connectivity index (χ2n) is 6.39. The van der Waals surface area contributed by atoms with Gasteiger partial charge in [-0.25, -0.2) is 4.39 Å². The van der Waals surface area contributed by atoms with E-state index in [1.165, 1.54) is 19.3 Å². The molecule has 1 nitrogen and oxygen atoms in total. The second kappa shape index (κ2) is 6.91. The van der Waals surface area contributed by atoms with Crippen LogP contribution in [0.5, 0.6) is 0 Å².